The fourth-order valence-electron chi connectivity index (χ4n) is 1.36. The Hall–Kier alpha value is -0.650. The molecule has 0 saturated heterocycles. The lowest BCUT2D eigenvalue weighted by molar-refractivity contribution is -0.113. The molecule has 0 aliphatic heterocycles. The summed E-state index contributed by atoms with van der Waals surface area (Å²) in [6.45, 7) is 2.76. The van der Waals surface area contributed by atoms with Gasteiger partial charge in [0.25, 0.3) is 0 Å². The molecule has 0 spiro atoms. The van der Waals surface area contributed by atoms with Gasteiger partial charge in [0.2, 0.25) is 5.91 Å². The van der Waals surface area contributed by atoms with Gasteiger partial charge in [0.1, 0.15) is 0 Å². The SMILES string of the molecule is CSc1ccccc1NC(=O)CSCC(C)CN. The summed E-state index contributed by atoms with van der Waals surface area (Å²) in [6, 6.07) is 7.83. The number of thioether (sulfide) groups is 2. The zero-order valence-electron chi connectivity index (χ0n) is 10.8. The lowest BCUT2D eigenvalue weighted by Gasteiger charge is -2.10. The number of amides is 1. The molecule has 1 amide bonds. The van der Waals surface area contributed by atoms with E-state index in [1.54, 1.807) is 23.5 Å². The third-order valence-corrected chi connectivity index (χ3v) is 4.49. The monoisotopic (exact) mass is 284 g/mol. The average molecular weight is 284 g/mol. The third-order valence-electron chi connectivity index (χ3n) is 2.42. The second kappa shape index (κ2) is 8.45. The molecular formula is C13H20N2OS2. The number of benzene rings is 1. The highest BCUT2D eigenvalue weighted by Gasteiger charge is 2.07. The van der Waals surface area contributed by atoms with E-state index in [9.17, 15) is 4.79 Å². The Bertz CT molecular complexity index is 385. The first kappa shape index (κ1) is 15.4. The summed E-state index contributed by atoms with van der Waals surface area (Å²) in [5, 5.41) is 2.94. The van der Waals surface area contributed by atoms with Crippen molar-refractivity contribution in [1.82, 2.24) is 0 Å². The van der Waals surface area contributed by atoms with E-state index < -0.39 is 0 Å². The lowest BCUT2D eigenvalue weighted by atomic mass is 10.2. The van der Waals surface area contributed by atoms with Crippen LogP contribution < -0.4 is 11.1 Å². The Morgan fingerprint density at radius 2 is 2.17 bits per heavy atom. The predicted molar refractivity (Wildman–Crippen MR) is 82.4 cm³/mol. The minimum Gasteiger partial charge on any atom is -0.330 e. The summed E-state index contributed by atoms with van der Waals surface area (Å²) in [7, 11) is 0. The third kappa shape index (κ3) is 5.33. The van der Waals surface area contributed by atoms with Gasteiger partial charge in [0.05, 0.1) is 11.4 Å². The highest BCUT2D eigenvalue weighted by molar-refractivity contribution is 8.00. The summed E-state index contributed by atoms with van der Waals surface area (Å²) >= 11 is 3.26. The molecule has 3 nitrogen and oxygen atoms in total. The number of nitrogens with two attached hydrogens (primary N) is 1. The first-order valence-corrected chi connectivity index (χ1v) is 8.26. The molecule has 0 bridgehead atoms. The summed E-state index contributed by atoms with van der Waals surface area (Å²) in [5.41, 5.74) is 6.42. The standard InChI is InChI=1S/C13H20N2OS2/c1-10(7-14)8-18-9-13(16)15-11-5-3-4-6-12(11)17-2/h3-6,10H,7-9,14H2,1-2H3,(H,15,16). The van der Waals surface area contributed by atoms with Crippen LogP contribution in [0.25, 0.3) is 0 Å². The van der Waals surface area contributed by atoms with Crippen molar-refractivity contribution in [2.24, 2.45) is 11.7 Å². The Balaban J connectivity index is 2.40. The van der Waals surface area contributed by atoms with Gasteiger partial charge in [-0.1, -0.05) is 19.1 Å². The van der Waals surface area contributed by atoms with Crippen LogP contribution in [-0.2, 0) is 4.79 Å². The van der Waals surface area contributed by atoms with E-state index in [-0.39, 0.29) is 5.91 Å². The Morgan fingerprint density at radius 1 is 1.44 bits per heavy atom. The van der Waals surface area contributed by atoms with Crippen molar-refractivity contribution < 1.29 is 4.79 Å². The van der Waals surface area contributed by atoms with Crippen LogP contribution in [0.4, 0.5) is 5.69 Å². The molecule has 1 aromatic carbocycles. The van der Waals surface area contributed by atoms with Crippen molar-refractivity contribution >= 4 is 35.1 Å². The van der Waals surface area contributed by atoms with Gasteiger partial charge >= 0.3 is 0 Å². The Morgan fingerprint density at radius 3 is 2.83 bits per heavy atom. The topological polar surface area (TPSA) is 55.1 Å². The molecule has 0 aliphatic rings. The van der Waals surface area contributed by atoms with Gasteiger partial charge in [-0.25, -0.2) is 0 Å². The van der Waals surface area contributed by atoms with Crippen molar-refractivity contribution in [1.29, 1.82) is 0 Å². The quantitative estimate of drug-likeness (QED) is 0.756. The first-order valence-electron chi connectivity index (χ1n) is 5.88. The second-order valence-corrected chi connectivity index (χ2v) is 5.98. The van der Waals surface area contributed by atoms with Crippen LogP contribution in [0.2, 0.25) is 0 Å². The Kier molecular flexibility index (Phi) is 7.23. The van der Waals surface area contributed by atoms with E-state index in [1.807, 2.05) is 30.5 Å². The minimum absolute atomic E-state index is 0.0470. The zero-order chi connectivity index (χ0) is 13.4. The molecule has 5 heteroatoms. The van der Waals surface area contributed by atoms with Gasteiger partial charge in [0, 0.05) is 4.90 Å². The van der Waals surface area contributed by atoms with Crippen LogP contribution >= 0.6 is 23.5 Å². The number of hydrogen-bond donors (Lipinski definition) is 2. The largest absolute Gasteiger partial charge is 0.330 e. The van der Waals surface area contributed by atoms with Gasteiger partial charge in [-0.15, -0.1) is 11.8 Å². The summed E-state index contributed by atoms with van der Waals surface area (Å²) < 4.78 is 0. The van der Waals surface area contributed by atoms with Crippen molar-refractivity contribution in [2.45, 2.75) is 11.8 Å². The minimum atomic E-state index is 0.0470. The van der Waals surface area contributed by atoms with Gasteiger partial charge in [-0.05, 0) is 36.6 Å². The maximum atomic E-state index is 11.8. The van der Waals surface area contributed by atoms with Gasteiger partial charge < -0.3 is 11.1 Å². The average Bonchev–Trinajstić information content (AvgIpc) is 2.39. The van der Waals surface area contributed by atoms with E-state index in [0.29, 0.717) is 18.2 Å². The van der Waals surface area contributed by atoms with Gasteiger partial charge in [0.15, 0.2) is 0 Å². The maximum absolute atomic E-state index is 11.8. The molecule has 0 aromatic heterocycles. The Labute approximate surface area is 117 Å². The van der Waals surface area contributed by atoms with Crippen LogP contribution in [0.1, 0.15) is 6.92 Å². The van der Waals surface area contributed by atoms with E-state index in [4.69, 9.17) is 5.73 Å². The molecular weight excluding hydrogens is 264 g/mol. The number of hydrogen-bond acceptors (Lipinski definition) is 4. The molecule has 18 heavy (non-hydrogen) atoms. The van der Waals surface area contributed by atoms with Crippen molar-refractivity contribution in [3.8, 4) is 0 Å². The van der Waals surface area contributed by atoms with Gasteiger partial charge in [-0.2, -0.15) is 11.8 Å². The number of anilines is 1. The van der Waals surface area contributed by atoms with Crippen molar-refractivity contribution in [3.63, 3.8) is 0 Å². The number of carbonyl (C=O) groups is 1. The fourth-order valence-corrected chi connectivity index (χ4v) is 2.82. The molecule has 0 aliphatic carbocycles. The summed E-state index contributed by atoms with van der Waals surface area (Å²) in [5.74, 6) is 1.91. The highest BCUT2D eigenvalue weighted by atomic mass is 32.2. The zero-order valence-corrected chi connectivity index (χ0v) is 12.4. The van der Waals surface area contributed by atoms with Crippen molar-refractivity contribution in [2.75, 3.05) is 29.6 Å². The number of carbonyl (C=O) groups excluding carboxylic acids is 1. The lowest BCUT2D eigenvalue weighted by Crippen LogP contribution is -2.17. The second-order valence-electron chi connectivity index (χ2n) is 4.10. The molecule has 3 N–H and O–H groups in total. The van der Waals surface area contributed by atoms with E-state index >= 15 is 0 Å². The molecule has 100 valence electrons. The predicted octanol–water partition coefficient (Wildman–Crippen LogP) is 2.67. The molecule has 1 unspecified atom stereocenters. The molecule has 0 heterocycles. The van der Waals surface area contributed by atoms with E-state index in [0.717, 1.165) is 16.3 Å². The fraction of sp³-hybridized carbons (Fsp3) is 0.462. The highest BCUT2D eigenvalue weighted by Crippen LogP contribution is 2.24. The van der Waals surface area contributed by atoms with Crippen molar-refractivity contribution in [3.05, 3.63) is 24.3 Å². The maximum Gasteiger partial charge on any atom is 0.234 e. The van der Waals surface area contributed by atoms with Crippen LogP contribution in [-0.4, -0.2) is 30.2 Å². The molecule has 0 saturated carbocycles. The van der Waals surface area contributed by atoms with Crippen LogP contribution in [0.3, 0.4) is 0 Å². The summed E-state index contributed by atoms with van der Waals surface area (Å²) in [4.78, 5) is 12.9. The van der Waals surface area contributed by atoms with Gasteiger partial charge in [-0.3, -0.25) is 4.79 Å². The molecule has 0 fully saturated rings. The van der Waals surface area contributed by atoms with E-state index in [2.05, 4.69) is 12.2 Å². The number of nitrogens with one attached hydrogen (secondary N) is 1. The van der Waals surface area contributed by atoms with Crippen LogP contribution in [0.15, 0.2) is 29.2 Å². The smallest absolute Gasteiger partial charge is 0.234 e. The summed E-state index contributed by atoms with van der Waals surface area (Å²) in [6.07, 6.45) is 2.00. The normalized spacial score (nSPS) is 12.2. The van der Waals surface area contributed by atoms with Crippen LogP contribution in [0.5, 0.6) is 0 Å². The molecule has 0 radical (unpaired) electrons. The first-order chi connectivity index (χ1) is 8.67. The molecule has 1 rings (SSSR count). The molecule has 1 atom stereocenters. The number of rotatable bonds is 7. The van der Waals surface area contributed by atoms with Crippen LogP contribution in [0, 0.1) is 5.92 Å². The molecule has 1 aromatic rings. The number of para-hydroxylation sites is 1. The van der Waals surface area contributed by atoms with E-state index in [1.165, 1.54) is 0 Å².